The van der Waals surface area contributed by atoms with Crippen LogP contribution in [0.5, 0.6) is 0 Å². The predicted molar refractivity (Wildman–Crippen MR) is 85.7 cm³/mol. The highest BCUT2D eigenvalue weighted by Crippen LogP contribution is 2.24. The van der Waals surface area contributed by atoms with E-state index in [1.807, 2.05) is 0 Å². The van der Waals surface area contributed by atoms with Crippen molar-refractivity contribution in [1.82, 2.24) is 4.90 Å². The van der Waals surface area contributed by atoms with Crippen LogP contribution in [0.25, 0.3) is 0 Å². The van der Waals surface area contributed by atoms with E-state index in [4.69, 9.17) is 5.73 Å². The van der Waals surface area contributed by atoms with Crippen LogP contribution in [0, 0.1) is 0 Å². The molecule has 2 rings (SSSR count). The van der Waals surface area contributed by atoms with Gasteiger partial charge in [-0.1, -0.05) is 22.0 Å². The van der Waals surface area contributed by atoms with Gasteiger partial charge in [0.15, 0.2) is 0 Å². The third kappa shape index (κ3) is 3.71. The number of hydrogen-bond donors (Lipinski definition) is 1. The van der Waals surface area contributed by atoms with Crippen LogP contribution < -0.4 is 10.6 Å². The largest absolute Gasteiger partial charge is 0.370 e. The number of rotatable bonds is 3. The standard InChI is InChI=1S/C15H24BrN3/c1-12-7-9-19(11-15(6-8-17)18(12)2)14-5-3-4-13(16)10-14/h3-5,10,12,15H,6-9,11,17H2,1-2H3. The Balaban J connectivity index is 2.17. The first kappa shape index (κ1) is 14.8. The molecule has 1 aliphatic rings. The summed E-state index contributed by atoms with van der Waals surface area (Å²) in [5, 5.41) is 0. The normalized spacial score (nSPS) is 25.4. The summed E-state index contributed by atoms with van der Waals surface area (Å²) in [6.07, 6.45) is 2.26. The molecule has 0 aliphatic carbocycles. The van der Waals surface area contributed by atoms with Crippen molar-refractivity contribution in [2.24, 2.45) is 5.73 Å². The van der Waals surface area contributed by atoms with Gasteiger partial charge in [0.2, 0.25) is 0 Å². The maximum Gasteiger partial charge on any atom is 0.0378 e. The van der Waals surface area contributed by atoms with Crippen LogP contribution in [0.3, 0.4) is 0 Å². The Morgan fingerprint density at radius 3 is 2.89 bits per heavy atom. The summed E-state index contributed by atoms with van der Waals surface area (Å²) in [4.78, 5) is 4.98. The summed E-state index contributed by atoms with van der Waals surface area (Å²) < 4.78 is 1.14. The van der Waals surface area contributed by atoms with Crippen molar-refractivity contribution in [3.05, 3.63) is 28.7 Å². The van der Waals surface area contributed by atoms with E-state index in [0.717, 1.165) is 30.5 Å². The number of nitrogens with zero attached hydrogens (tertiary/aromatic N) is 2. The molecule has 1 saturated heterocycles. The summed E-state index contributed by atoms with van der Waals surface area (Å²) in [5.41, 5.74) is 7.08. The van der Waals surface area contributed by atoms with Gasteiger partial charge in [-0.25, -0.2) is 0 Å². The fourth-order valence-corrected chi connectivity index (χ4v) is 3.16. The average molecular weight is 326 g/mol. The molecule has 0 spiro atoms. The SMILES string of the molecule is CC1CCN(c2cccc(Br)c2)CC(CCN)N1C. The van der Waals surface area contributed by atoms with Gasteiger partial charge in [-0.2, -0.15) is 0 Å². The highest BCUT2D eigenvalue weighted by atomic mass is 79.9. The van der Waals surface area contributed by atoms with E-state index in [2.05, 4.69) is 64.0 Å². The smallest absolute Gasteiger partial charge is 0.0378 e. The van der Waals surface area contributed by atoms with Gasteiger partial charge in [0.25, 0.3) is 0 Å². The van der Waals surface area contributed by atoms with E-state index in [1.165, 1.54) is 12.1 Å². The molecule has 2 atom stereocenters. The van der Waals surface area contributed by atoms with Crippen molar-refractivity contribution in [3.63, 3.8) is 0 Å². The minimum absolute atomic E-state index is 0.543. The van der Waals surface area contributed by atoms with Gasteiger partial charge in [0, 0.05) is 35.3 Å². The van der Waals surface area contributed by atoms with Crippen molar-refractivity contribution in [1.29, 1.82) is 0 Å². The lowest BCUT2D eigenvalue weighted by Gasteiger charge is -2.32. The molecule has 19 heavy (non-hydrogen) atoms. The number of likely N-dealkylation sites (N-methyl/N-ethyl adjacent to an activating group) is 1. The molecule has 0 radical (unpaired) electrons. The maximum atomic E-state index is 5.77. The molecule has 106 valence electrons. The molecule has 1 aliphatic heterocycles. The van der Waals surface area contributed by atoms with E-state index in [1.54, 1.807) is 0 Å². The number of benzene rings is 1. The molecule has 0 saturated carbocycles. The van der Waals surface area contributed by atoms with Crippen molar-refractivity contribution in [2.75, 3.05) is 31.6 Å². The van der Waals surface area contributed by atoms with Gasteiger partial charge >= 0.3 is 0 Å². The molecule has 0 amide bonds. The molecule has 1 fully saturated rings. The Hall–Kier alpha value is -0.580. The molecule has 4 heteroatoms. The van der Waals surface area contributed by atoms with Gasteiger partial charge in [-0.15, -0.1) is 0 Å². The zero-order valence-electron chi connectivity index (χ0n) is 11.8. The van der Waals surface area contributed by atoms with Crippen LogP contribution in [-0.2, 0) is 0 Å². The second-order valence-corrected chi connectivity index (χ2v) is 6.38. The zero-order chi connectivity index (χ0) is 13.8. The second kappa shape index (κ2) is 6.73. The van der Waals surface area contributed by atoms with Gasteiger partial charge in [0.1, 0.15) is 0 Å². The monoisotopic (exact) mass is 325 g/mol. The van der Waals surface area contributed by atoms with Crippen LogP contribution in [0.1, 0.15) is 19.8 Å². The van der Waals surface area contributed by atoms with E-state index < -0.39 is 0 Å². The van der Waals surface area contributed by atoms with Crippen molar-refractivity contribution >= 4 is 21.6 Å². The third-order valence-electron chi connectivity index (χ3n) is 4.19. The molecule has 2 N–H and O–H groups in total. The number of hydrogen-bond acceptors (Lipinski definition) is 3. The van der Waals surface area contributed by atoms with E-state index in [0.29, 0.717) is 12.1 Å². The molecule has 1 aromatic carbocycles. The lowest BCUT2D eigenvalue weighted by atomic mass is 10.1. The summed E-state index contributed by atoms with van der Waals surface area (Å²) >= 11 is 3.56. The Morgan fingerprint density at radius 1 is 1.42 bits per heavy atom. The van der Waals surface area contributed by atoms with Crippen LogP contribution >= 0.6 is 15.9 Å². The molecule has 3 nitrogen and oxygen atoms in total. The Morgan fingerprint density at radius 2 is 2.21 bits per heavy atom. The Bertz CT molecular complexity index is 410. The molecule has 2 unspecified atom stereocenters. The van der Waals surface area contributed by atoms with E-state index in [-0.39, 0.29) is 0 Å². The first-order chi connectivity index (χ1) is 9.11. The summed E-state index contributed by atoms with van der Waals surface area (Å²) in [5.74, 6) is 0. The first-order valence-corrected chi connectivity index (χ1v) is 7.83. The van der Waals surface area contributed by atoms with Crippen LogP contribution in [0.15, 0.2) is 28.7 Å². The molecule has 1 aromatic rings. The minimum atomic E-state index is 0.543. The van der Waals surface area contributed by atoms with Crippen LogP contribution in [0.2, 0.25) is 0 Å². The number of halogens is 1. The lowest BCUT2D eigenvalue weighted by molar-refractivity contribution is 0.190. The number of anilines is 1. The lowest BCUT2D eigenvalue weighted by Crippen LogP contribution is -2.42. The van der Waals surface area contributed by atoms with Crippen LogP contribution in [-0.4, -0.2) is 43.7 Å². The highest BCUT2D eigenvalue weighted by molar-refractivity contribution is 9.10. The Kier molecular flexibility index (Phi) is 5.25. The topological polar surface area (TPSA) is 32.5 Å². The fraction of sp³-hybridized carbons (Fsp3) is 0.600. The van der Waals surface area contributed by atoms with Crippen molar-refractivity contribution in [2.45, 2.75) is 31.8 Å². The fourth-order valence-electron chi connectivity index (χ4n) is 2.78. The molecular weight excluding hydrogens is 302 g/mol. The molecule has 0 aromatic heterocycles. The van der Waals surface area contributed by atoms with Crippen molar-refractivity contribution in [3.8, 4) is 0 Å². The van der Waals surface area contributed by atoms with Gasteiger partial charge in [-0.3, -0.25) is 4.90 Å². The van der Waals surface area contributed by atoms with Gasteiger partial charge in [-0.05, 0) is 51.6 Å². The minimum Gasteiger partial charge on any atom is -0.370 e. The maximum absolute atomic E-state index is 5.77. The van der Waals surface area contributed by atoms with E-state index in [9.17, 15) is 0 Å². The van der Waals surface area contributed by atoms with Crippen LogP contribution in [0.4, 0.5) is 5.69 Å². The highest BCUT2D eigenvalue weighted by Gasteiger charge is 2.26. The molecular formula is C15H24BrN3. The molecule has 0 bridgehead atoms. The predicted octanol–water partition coefficient (Wildman–Crippen LogP) is 2.70. The summed E-state index contributed by atoms with van der Waals surface area (Å²) in [7, 11) is 2.23. The van der Waals surface area contributed by atoms with Gasteiger partial charge < -0.3 is 10.6 Å². The summed E-state index contributed by atoms with van der Waals surface area (Å²) in [6.45, 7) is 5.25. The zero-order valence-corrected chi connectivity index (χ0v) is 13.4. The van der Waals surface area contributed by atoms with E-state index >= 15 is 0 Å². The first-order valence-electron chi connectivity index (χ1n) is 7.04. The Labute approximate surface area is 124 Å². The average Bonchev–Trinajstić information content (AvgIpc) is 2.53. The number of nitrogens with two attached hydrogens (primary N) is 1. The van der Waals surface area contributed by atoms with Crippen molar-refractivity contribution < 1.29 is 0 Å². The van der Waals surface area contributed by atoms with Gasteiger partial charge in [0.05, 0.1) is 0 Å². The quantitative estimate of drug-likeness (QED) is 0.927. The second-order valence-electron chi connectivity index (χ2n) is 5.46. The summed E-state index contributed by atoms with van der Waals surface area (Å²) in [6, 6.07) is 9.74. The molecule has 1 heterocycles. The third-order valence-corrected chi connectivity index (χ3v) is 4.69.